The summed E-state index contributed by atoms with van der Waals surface area (Å²) < 4.78 is 0. The van der Waals surface area contributed by atoms with Gasteiger partial charge in [0.2, 0.25) is 5.91 Å². The van der Waals surface area contributed by atoms with Gasteiger partial charge in [0.25, 0.3) is 0 Å². The summed E-state index contributed by atoms with van der Waals surface area (Å²) in [5.41, 5.74) is 4.09. The van der Waals surface area contributed by atoms with Crippen LogP contribution in [0.15, 0.2) is 30.6 Å². The normalized spacial score (nSPS) is 20.0. The smallest absolute Gasteiger partial charge is 0.226 e. The van der Waals surface area contributed by atoms with Gasteiger partial charge in [0, 0.05) is 55.5 Å². The Labute approximate surface area is 153 Å². The van der Waals surface area contributed by atoms with Crippen molar-refractivity contribution in [3.63, 3.8) is 0 Å². The molecule has 0 radical (unpaired) electrons. The van der Waals surface area contributed by atoms with Crippen molar-refractivity contribution in [1.29, 1.82) is 0 Å². The second-order valence-corrected chi connectivity index (χ2v) is 7.18. The van der Waals surface area contributed by atoms with Crippen LogP contribution in [0.25, 0.3) is 0 Å². The van der Waals surface area contributed by atoms with E-state index in [-0.39, 0.29) is 17.6 Å². The van der Waals surface area contributed by atoms with Crippen LogP contribution in [-0.4, -0.2) is 52.7 Å². The zero-order valence-electron chi connectivity index (χ0n) is 15.1. The molecule has 2 heterocycles. The van der Waals surface area contributed by atoms with Crippen LogP contribution >= 0.6 is 0 Å². The lowest BCUT2D eigenvalue weighted by atomic mass is 9.88. The number of piperazine rings is 1. The fourth-order valence-electron chi connectivity index (χ4n) is 3.96. The molecule has 1 amide bonds. The minimum atomic E-state index is 0.0735. The van der Waals surface area contributed by atoms with Crippen molar-refractivity contribution in [2.45, 2.75) is 26.2 Å². The molecule has 4 rings (SSSR count). The number of anilines is 1. The molecule has 0 saturated carbocycles. The van der Waals surface area contributed by atoms with Gasteiger partial charge < -0.3 is 14.8 Å². The molecule has 1 saturated heterocycles. The van der Waals surface area contributed by atoms with E-state index in [0.29, 0.717) is 0 Å². The van der Waals surface area contributed by atoms with Crippen LogP contribution in [0.4, 0.5) is 5.69 Å². The number of carbonyl (C=O) groups excluding carboxylic acids is 2. The van der Waals surface area contributed by atoms with Crippen LogP contribution in [-0.2, 0) is 17.6 Å². The summed E-state index contributed by atoms with van der Waals surface area (Å²) in [5, 5.41) is 0. The first-order valence-electron chi connectivity index (χ1n) is 9.27. The lowest BCUT2D eigenvalue weighted by Gasteiger charge is -2.38. The van der Waals surface area contributed by atoms with Gasteiger partial charge >= 0.3 is 0 Å². The zero-order valence-corrected chi connectivity index (χ0v) is 15.1. The van der Waals surface area contributed by atoms with Gasteiger partial charge in [-0.05, 0) is 44.0 Å². The number of aryl methyl sites for hydroxylation is 1. The van der Waals surface area contributed by atoms with Crippen molar-refractivity contribution < 1.29 is 9.59 Å². The standard InChI is InChI=1S/C20H24N4O2/c1-14(25)15-2-5-17(6-3-15)23-8-10-24(11-9-23)20(26)16-4-7-18-19(12-16)22-13-21-18/h2-3,5-6,13,16H,4,7-12H2,1H3,(H,21,22). The van der Waals surface area contributed by atoms with E-state index in [1.807, 2.05) is 29.2 Å². The Morgan fingerprint density at radius 2 is 1.85 bits per heavy atom. The SMILES string of the molecule is CC(=O)c1ccc(N2CCN(C(=O)C3CCc4nc[nH]c4C3)CC2)cc1. The lowest BCUT2D eigenvalue weighted by Crippen LogP contribution is -2.51. The summed E-state index contributed by atoms with van der Waals surface area (Å²) in [7, 11) is 0. The highest BCUT2D eigenvalue weighted by Crippen LogP contribution is 2.25. The highest BCUT2D eigenvalue weighted by atomic mass is 16.2. The average Bonchev–Trinajstić information content (AvgIpc) is 3.15. The quantitative estimate of drug-likeness (QED) is 0.859. The predicted octanol–water partition coefficient (Wildman–Crippen LogP) is 2.07. The second-order valence-electron chi connectivity index (χ2n) is 7.18. The van der Waals surface area contributed by atoms with Gasteiger partial charge in [-0.15, -0.1) is 0 Å². The number of H-pyrrole nitrogens is 1. The molecule has 1 unspecified atom stereocenters. The Kier molecular flexibility index (Phi) is 4.49. The molecule has 0 spiro atoms. The first kappa shape index (κ1) is 16.8. The molecular formula is C20H24N4O2. The fraction of sp³-hybridized carbons (Fsp3) is 0.450. The number of aromatic amines is 1. The van der Waals surface area contributed by atoms with E-state index in [9.17, 15) is 9.59 Å². The van der Waals surface area contributed by atoms with E-state index in [1.165, 1.54) is 0 Å². The number of nitrogens with one attached hydrogen (secondary N) is 1. The number of hydrogen-bond acceptors (Lipinski definition) is 4. The van der Waals surface area contributed by atoms with Crippen LogP contribution in [0.5, 0.6) is 0 Å². The molecule has 1 fully saturated rings. The topological polar surface area (TPSA) is 69.3 Å². The van der Waals surface area contributed by atoms with Gasteiger partial charge in [-0.1, -0.05) is 0 Å². The molecular weight excluding hydrogens is 328 g/mol. The number of nitrogens with zero attached hydrogens (tertiary/aromatic N) is 3. The predicted molar refractivity (Wildman–Crippen MR) is 99.3 cm³/mol. The molecule has 0 bridgehead atoms. The maximum Gasteiger partial charge on any atom is 0.226 e. The van der Waals surface area contributed by atoms with E-state index in [1.54, 1.807) is 13.3 Å². The molecule has 6 nitrogen and oxygen atoms in total. The van der Waals surface area contributed by atoms with E-state index >= 15 is 0 Å². The van der Waals surface area contributed by atoms with Crippen LogP contribution in [0.2, 0.25) is 0 Å². The lowest BCUT2D eigenvalue weighted by molar-refractivity contribution is -0.136. The van der Waals surface area contributed by atoms with Crippen molar-refractivity contribution in [3.8, 4) is 0 Å². The van der Waals surface area contributed by atoms with Crippen molar-refractivity contribution in [3.05, 3.63) is 47.5 Å². The van der Waals surface area contributed by atoms with Gasteiger partial charge in [-0.2, -0.15) is 0 Å². The number of carbonyl (C=O) groups is 2. The van der Waals surface area contributed by atoms with Crippen LogP contribution < -0.4 is 4.90 Å². The summed E-state index contributed by atoms with van der Waals surface area (Å²) in [6.07, 6.45) is 4.29. The third-order valence-electron chi connectivity index (χ3n) is 5.57. The minimum absolute atomic E-state index is 0.0735. The summed E-state index contributed by atoms with van der Waals surface area (Å²) in [4.78, 5) is 36.1. The number of aromatic nitrogens is 2. The Hall–Kier alpha value is -2.63. The molecule has 1 atom stereocenters. The first-order valence-corrected chi connectivity index (χ1v) is 9.27. The number of rotatable bonds is 3. The maximum absolute atomic E-state index is 12.9. The Balaban J connectivity index is 1.34. The molecule has 136 valence electrons. The number of hydrogen-bond donors (Lipinski definition) is 1. The molecule has 1 aliphatic carbocycles. The average molecular weight is 352 g/mol. The monoisotopic (exact) mass is 352 g/mol. The van der Waals surface area contributed by atoms with Gasteiger partial charge in [0.1, 0.15) is 0 Å². The van der Waals surface area contributed by atoms with Crippen LogP contribution in [0.1, 0.15) is 35.1 Å². The molecule has 26 heavy (non-hydrogen) atoms. The number of imidazole rings is 1. The Bertz CT molecular complexity index is 803. The van der Waals surface area contributed by atoms with Gasteiger partial charge in [-0.25, -0.2) is 4.98 Å². The Morgan fingerprint density at radius 1 is 1.12 bits per heavy atom. The van der Waals surface area contributed by atoms with E-state index in [2.05, 4.69) is 14.9 Å². The first-order chi connectivity index (χ1) is 12.6. The van der Waals surface area contributed by atoms with E-state index in [4.69, 9.17) is 0 Å². The molecule has 1 aromatic heterocycles. The molecule has 1 aliphatic heterocycles. The van der Waals surface area contributed by atoms with Gasteiger partial charge in [0.15, 0.2) is 5.78 Å². The van der Waals surface area contributed by atoms with Crippen molar-refractivity contribution >= 4 is 17.4 Å². The van der Waals surface area contributed by atoms with Gasteiger partial charge in [-0.3, -0.25) is 9.59 Å². The number of Topliss-reactive ketones (excluding diaryl/α,β-unsaturated/α-hetero) is 1. The van der Waals surface area contributed by atoms with Crippen molar-refractivity contribution in [2.24, 2.45) is 5.92 Å². The number of fused-ring (bicyclic) bond motifs is 1. The minimum Gasteiger partial charge on any atom is -0.368 e. The van der Waals surface area contributed by atoms with Crippen LogP contribution in [0, 0.1) is 5.92 Å². The maximum atomic E-state index is 12.9. The zero-order chi connectivity index (χ0) is 18.1. The summed E-state index contributed by atoms with van der Waals surface area (Å²) in [5.74, 6) is 0.432. The summed E-state index contributed by atoms with van der Waals surface area (Å²) in [6, 6.07) is 7.74. The third-order valence-corrected chi connectivity index (χ3v) is 5.57. The third kappa shape index (κ3) is 3.23. The molecule has 2 aliphatic rings. The van der Waals surface area contributed by atoms with E-state index in [0.717, 1.165) is 68.1 Å². The van der Waals surface area contributed by atoms with Gasteiger partial charge in [0.05, 0.1) is 12.0 Å². The number of amides is 1. The highest BCUT2D eigenvalue weighted by molar-refractivity contribution is 5.94. The molecule has 1 N–H and O–H groups in total. The largest absolute Gasteiger partial charge is 0.368 e. The number of ketones is 1. The Morgan fingerprint density at radius 3 is 2.54 bits per heavy atom. The molecule has 1 aromatic carbocycles. The molecule has 6 heteroatoms. The summed E-state index contributed by atoms with van der Waals surface area (Å²) >= 11 is 0. The number of benzene rings is 1. The highest BCUT2D eigenvalue weighted by Gasteiger charge is 2.31. The second kappa shape index (κ2) is 6.94. The fourth-order valence-corrected chi connectivity index (χ4v) is 3.96. The van der Waals surface area contributed by atoms with E-state index < -0.39 is 0 Å². The van der Waals surface area contributed by atoms with Crippen molar-refractivity contribution in [2.75, 3.05) is 31.1 Å². The van der Waals surface area contributed by atoms with Crippen molar-refractivity contribution in [1.82, 2.24) is 14.9 Å². The molecule has 2 aromatic rings. The summed E-state index contributed by atoms with van der Waals surface area (Å²) in [6.45, 7) is 4.73. The van der Waals surface area contributed by atoms with Crippen LogP contribution in [0.3, 0.4) is 0 Å².